The number of nitrogens with one attached hydrogen (secondary N) is 1. The number of aryl methyl sites for hydroxylation is 1. The molecule has 3 rings (SSSR count). The SMILES string of the molecule is Cc1cccc(Oc2cccc(NC(=O)c3cc(C(=O)O)cc(C(=O)O)c3)c2)c1. The van der Waals surface area contributed by atoms with E-state index in [4.69, 9.17) is 14.9 Å². The van der Waals surface area contributed by atoms with Gasteiger partial charge in [0.15, 0.2) is 0 Å². The van der Waals surface area contributed by atoms with Crippen molar-refractivity contribution >= 4 is 23.5 Å². The van der Waals surface area contributed by atoms with Crippen LogP contribution in [0.25, 0.3) is 0 Å². The van der Waals surface area contributed by atoms with Crippen molar-refractivity contribution in [2.24, 2.45) is 0 Å². The first-order chi connectivity index (χ1) is 13.8. The maximum Gasteiger partial charge on any atom is 0.335 e. The van der Waals surface area contributed by atoms with Crippen LogP contribution in [0, 0.1) is 6.92 Å². The number of ether oxygens (including phenoxy) is 1. The molecular formula is C22H17NO6. The number of hydrogen-bond donors (Lipinski definition) is 3. The maximum atomic E-state index is 12.5. The van der Waals surface area contributed by atoms with E-state index in [2.05, 4.69) is 5.32 Å². The van der Waals surface area contributed by atoms with E-state index in [0.717, 1.165) is 23.8 Å². The van der Waals surface area contributed by atoms with Gasteiger partial charge in [0.1, 0.15) is 11.5 Å². The van der Waals surface area contributed by atoms with E-state index in [-0.39, 0.29) is 16.7 Å². The third-order valence-corrected chi connectivity index (χ3v) is 4.01. The lowest BCUT2D eigenvalue weighted by Crippen LogP contribution is -2.14. The molecule has 7 nitrogen and oxygen atoms in total. The van der Waals surface area contributed by atoms with Crippen LogP contribution in [0.5, 0.6) is 11.5 Å². The van der Waals surface area contributed by atoms with Crippen molar-refractivity contribution in [2.75, 3.05) is 5.32 Å². The van der Waals surface area contributed by atoms with Crippen LogP contribution in [-0.4, -0.2) is 28.1 Å². The maximum absolute atomic E-state index is 12.5. The van der Waals surface area contributed by atoms with Gasteiger partial charge in [0, 0.05) is 17.3 Å². The Kier molecular flexibility index (Phi) is 5.59. The summed E-state index contributed by atoms with van der Waals surface area (Å²) in [4.78, 5) is 35.0. The predicted octanol–water partition coefficient (Wildman–Crippen LogP) is 4.44. The third kappa shape index (κ3) is 4.98. The van der Waals surface area contributed by atoms with Gasteiger partial charge in [-0.3, -0.25) is 4.79 Å². The molecule has 0 saturated heterocycles. The highest BCUT2D eigenvalue weighted by Gasteiger charge is 2.16. The fourth-order valence-electron chi connectivity index (χ4n) is 2.66. The molecule has 0 aliphatic heterocycles. The van der Waals surface area contributed by atoms with Gasteiger partial charge in [-0.05, 0) is 55.0 Å². The monoisotopic (exact) mass is 391 g/mol. The summed E-state index contributed by atoms with van der Waals surface area (Å²) in [6, 6.07) is 17.4. The Morgan fingerprint density at radius 2 is 1.31 bits per heavy atom. The normalized spacial score (nSPS) is 10.2. The Bertz CT molecular complexity index is 1070. The van der Waals surface area contributed by atoms with Crippen LogP contribution in [0.4, 0.5) is 5.69 Å². The molecule has 0 aliphatic carbocycles. The second-order valence-corrected chi connectivity index (χ2v) is 6.31. The molecule has 146 valence electrons. The minimum atomic E-state index is -1.32. The molecule has 0 radical (unpaired) electrons. The van der Waals surface area contributed by atoms with Crippen molar-refractivity contribution in [3.05, 3.63) is 89.0 Å². The van der Waals surface area contributed by atoms with E-state index in [9.17, 15) is 14.4 Å². The minimum Gasteiger partial charge on any atom is -0.478 e. The van der Waals surface area contributed by atoms with Gasteiger partial charge in [-0.25, -0.2) is 9.59 Å². The van der Waals surface area contributed by atoms with Crippen LogP contribution in [0.3, 0.4) is 0 Å². The first-order valence-electron chi connectivity index (χ1n) is 8.59. The number of amides is 1. The van der Waals surface area contributed by atoms with Crippen LogP contribution >= 0.6 is 0 Å². The number of hydrogen-bond acceptors (Lipinski definition) is 4. The molecule has 7 heteroatoms. The Morgan fingerprint density at radius 1 is 0.759 bits per heavy atom. The van der Waals surface area contributed by atoms with Crippen LogP contribution in [-0.2, 0) is 0 Å². The van der Waals surface area contributed by atoms with Crippen molar-refractivity contribution in [2.45, 2.75) is 6.92 Å². The highest BCUT2D eigenvalue weighted by molar-refractivity contribution is 6.07. The Labute approximate surface area is 166 Å². The smallest absolute Gasteiger partial charge is 0.335 e. The first kappa shape index (κ1) is 19.6. The molecule has 0 bridgehead atoms. The first-order valence-corrected chi connectivity index (χ1v) is 8.59. The number of rotatable bonds is 6. The molecule has 0 fully saturated rings. The lowest BCUT2D eigenvalue weighted by molar-refractivity contribution is 0.0696. The molecule has 0 unspecified atom stereocenters. The summed E-state index contributed by atoms with van der Waals surface area (Å²) in [6.45, 7) is 1.94. The fraction of sp³-hybridized carbons (Fsp3) is 0.0455. The summed E-state index contributed by atoms with van der Waals surface area (Å²) in [7, 11) is 0. The van der Waals surface area contributed by atoms with Crippen molar-refractivity contribution in [3.63, 3.8) is 0 Å². The van der Waals surface area contributed by atoms with E-state index in [0.29, 0.717) is 17.2 Å². The summed E-state index contributed by atoms with van der Waals surface area (Å²) in [5, 5.41) is 20.9. The van der Waals surface area contributed by atoms with Crippen LogP contribution in [0.2, 0.25) is 0 Å². The zero-order valence-electron chi connectivity index (χ0n) is 15.4. The molecule has 0 atom stereocenters. The molecule has 0 aliphatic rings. The molecule has 0 heterocycles. The predicted molar refractivity (Wildman–Crippen MR) is 106 cm³/mol. The number of carboxylic acids is 2. The molecule has 3 N–H and O–H groups in total. The number of carbonyl (C=O) groups excluding carboxylic acids is 1. The minimum absolute atomic E-state index is 0.0766. The van der Waals surface area contributed by atoms with E-state index >= 15 is 0 Å². The van der Waals surface area contributed by atoms with E-state index in [1.165, 1.54) is 0 Å². The summed E-state index contributed by atoms with van der Waals surface area (Å²) in [6.07, 6.45) is 0. The van der Waals surface area contributed by atoms with Crippen molar-refractivity contribution < 1.29 is 29.3 Å². The highest BCUT2D eigenvalue weighted by Crippen LogP contribution is 2.25. The summed E-state index contributed by atoms with van der Waals surface area (Å²) in [5.41, 5.74) is 0.808. The lowest BCUT2D eigenvalue weighted by atomic mass is 10.0. The van der Waals surface area contributed by atoms with E-state index in [1.54, 1.807) is 24.3 Å². The van der Waals surface area contributed by atoms with E-state index < -0.39 is 17.8 Å². The number of benzene rings is 3. The molecule has 3 aromatic rings. The van der Waals surface area contributed by atoms with Crippen LogP contribution < -0.4 is 10.1 Å². The summed E-state index contributed by atoms with van der Waals surface area (Å²) in [5.74, 6) is -2.14. The fourth-order valence-corrected chi connectivity index (χ4v) is 2.66. The zero-order chi connectivity index (χ0) is 21.0. The molecular weight excluding hydrogens is 374 g/mol. The van der Waals surface area contributed by atoms with Crippen molar-refractivity contribution in [1.29, 1.82) is 0 Å². The molecule has 0 aromatic heterocycles. The van der Waals surface area contributed by atoms with Gasteiger partial charge in [0.25, 0.3) is 5.91 Å². The van der Waals surface area contributed by atoms with Gasteiger partial charge >= 0.3 is 11.9 Å². The molecule has 0 spiro atoms. The Morgan fingerprint density at radius 3 is 1.90 bits per heavy atom. The van der Waals surface area contributed by atoms with Crippen LogP contribution in [0.15, 0.2) is 66.7 Å². The molecule has 1 amide bonds. The quantitative estimate of drug-likeness (QED) is 0.573. The van der Waals surface area contributed by atoms with E-state index in [1.807, 2.05) is 31.2 Å². The highest BCUT2D eigenvalue weighted by atomic mass is 16.5. The number of carboxylic acid groups (broad SMARTS) is 2. The summed E-state index contributed by atoms with van der Waals surface area (Å²) >= 11 is 0. The Balaban J connectivity index is 1.82. The Hall–Kier alpha value is -4.13. The zero-order valence-corrected chi connectivity index (χ0v) is 15.4. The average Bonchev–Trinajstić information content (AvgIpc) is 2.67. The molecule has 0 saturated carbocycles. The largest absolute Gasteiger partial charge is 0.478 e. The van der Waals surface area contributed by atoms with Crippen LogP contribution in [0.1, 0.15) is 36.6 Å². The van der Waals surface area contributed by atoms with Gasteiger partial charge in [0.2, 0.25) is 0 Å². The second-order valence-electron chi connectivity index (χ2n) is 6.31. The van der Waals surface area contributed by atoms with Gasteiger partial charge in [0.05, 0.1) is 11.1 Å². The van der Waals surface area contributed by atoms with Gasteiger partial charge < -0.3 is 20.3 Å². The molecule has 3 aromatic carbocycles. The second kappa shape index (κ2) is 8.26. The van der Waals surface area contributed by atoms with Gasteiger partial charge in [-0.15, -0.1) is 0 Å². The van der Waals surface area contributed by atoms with Gasteiger partial charge in [-0.2, -0.15) is 0 Å². The number of anilines is 1. The summed E-state index contributed by atoms with van der Waals surface area (Å²) < 4.78 is 5.78. The topological polar surface area (TPSA) is 113 Å². The average molecular weight is 391 g/mol. The molecule has 29 heavy (non-hydrogen) atoms. The van der Waals surface area contributed by atoms with Gasteiger partial charge in [-0.1, -0.05) is 18.2 Å². The standard InChI is InChI=1S/C22H17NO6/c1-13-4-2-6-18(8-13)29-19-7-3-5-17(12-19)23-20(24)14-9-15(21(25)26)11-16(10-14)22(27)28/h2-12H,1H3,(H,23,24)(H,25,26)(H,27,28). The lowest BCUT2D eigenvalue weighted by Gasteiger charge is -2.10. The van der Waals surface area contributed by atoms with Crippen molar-refractivity contribution in [3.8, 4) is 11.5 Å². The van der Waals surface area contributed by atoms with Crippen molar-refractivity contribution in [1.82, 2.24) is 0 Å². The third-order valence-electron chi connectivity index (χ3n) is 4.01. The number of aromatic carboxylic acids is 2. The number of carbonyl (C=O) groups is 3.